The van der Waals surface area contributed by atoms with Crippen molar-refractivity contribution in [3.05, 3.63) is 122 Å². The molecule has 0 aliphatic carbocycles. The van der Waals surface area contributed by atoms with Crippen molar-refractivity contribution in [2.24, 2.45) is 0 Å². The van der Waals surface area contributed by atoms with Crippen LogP contribution in [0.3, 0.4) is 0 Å². The quantitative estimate of drug-likeness (QED) is 0.0373. The van der Waals surface area contributed by atoms with Gasteiger partial charge in [-0.25, -0.2) is 0 Å². The van der Waals surface area contributed by atoms with Crippen LogP contribution < -0.4 is 0 Å². The third kappa shape index (κ3) is 64.8. The second-order valence-electron chi connectivity index (χ2n) is 21.8. The molecule has 5 nitrogen and oxygen atoms in total. The minimum Gasteiger partial charge on any atom is -0.462 e. The van der Waals surface area contributed by atoms with Gasteiger partial charge >= 0.3 is 11.9 Å². The second-order valence-corrected chi connectivity index (χ2v) is 21.8. The van der Waals surface area contributed by atoms with Crippen LogP contribution in [0.1, 0.15) is 309 Å². The lowest BCUT2D eigenvalue weighted by Gasteiger charge is -2.15. The number of esters is 2. The fraction of sp³-hybridized carbons (Fsp3) is 0.699. The van der Waals surface area contributed by atoms with Gasteiger partial charge < -0.3 is 14.6 Å². The first-order valence-corrected chi connectivity index (χ1v) is 33.1. The molecule has 0 rings (SSSR count). The molecule has 0 aromatic heterocycles. The minimum atomic E-state index is -0.781. The van der Waals surface area contributed by atoms with Crippen LogP contribution in [0.25, 0.3) is 0 Å². The predicted molar refractivity (Wildman–Crippen MR) is 343 cm³/mol. The molecule has 1 unspecified atom stereocenters. The molecule has 0 aromatic rings. The summed E-state index contributed by atoms with van der Waals surface area (Å²) in [6.45, 7) is 3.93. The maximum Gasteiger partial charge on any atom is 0.306 e. The summed E-state index contributed by atoms with van der Waals surface area (Å²) in [6, 6.07) is 0. The van der Waals surface area contributed by atoms with Gasteiger partial charge in [0.15, 0.2) is 6.10 Å². The largest absolute Gasteiger partial charge is 0.462 e. The van der Waals surface area contributed by atoms with E-state index in [-0.39, 0.29) is 25.2 Å². The van der Waals surface area contributed by atoms with E-state index in [1.165, 1.54) is 180 Å². The second kappa shape index (κ2) is 67.6. The van der Waals surface area contributed by atoms with Crippen LogP contribution in [0, 0.1) is 0 Å². The highest BCUT2D eigenvalue weighted by atomic mass is 16.6. The monoisotopic (exact) mass is 1080 g/mol. The van der Waals surface area contributed by atoms with Gasteiger partial charge in [-0.05, 0) is 103 Å². The molecule has 1 N–H and O–H groups in total. The first-order chi connectivity index (χ1) is 38.6. The summed E-state index contributed by atoms with van der Waals surface area (Å²) in [4.78, 5) is 24.6. The molecule has 0 amide bonds. The zero-order valence-corrected chi connectivity index (χ0v) is 51.1. The maximum atomic E-state index is 12.4. The van der Waals surface area contributed by atoms with E-state index in [1.54, 1.807) is 0 Å². The van der Waals surface area contributed by atoms with Gasteiger partial charge in [0.25, 0.3) is 0 Å². The molecule has 5 heteroatoms. The summed E-state index contributed by atoms with van der Waals surface area (Å²) in [5.74, 6) is -0.591. The Balaban J connectivity index is 3.45. The Labute approximate surface area is 483 Å². The van der Waals surface area contributed by atoms with Gasteiger partial charge in [-0.15, -0.1) is 0 Å². The van der Waals surface area contributed by atoms with E-state index in [1.807, 2.05) is 0 Å². The molecular formula is C73H124O5. The highest BCUT2D eigenvalue weighted by Crippen LogP contribution is 2.17. The Morgan fingerprint density at radius 2 is 0.513 bits per heavy atom. The average Bonchev–Trinajstić information content (AvgIpc) is 3.44. The van der Waals surface area contributed by atoms with E-state index in [9.17, 15) is 14.7 Å². The van der Waals surface area contributed by atoms with Crippen LogP contribution in [-0.4, -0.2) is 36.4 Å². The molecule has 0 aromatic carbocycles. The van der Waals surface area contributed by atoms with Gasteiger partial charge in [0.1, 0.15) is 6.61 Å². The number of carbonyl (C=O) groups is 2. The van der Waals surface area contributed by atoms with E-state index < -0.39 is 6.10 Å². The average molecular weight is 1080 g/mol. The summed E-state index contributed by atoms with van der Waals surface area (Å²) in [6.07, 6.45) is 99.3. The van der Waals surface area contributed by atoms with Crippen molar-refractivity contribution in [2.75, 3.05) is 13.2 Å². The number of hydrogen-bond acceptors (Lipinski definition) is 5. The number of aliphatic hydroxyl groups is 1. The van der Waals surface area contributed by atoms with Crippen LogP contribution in [0.15, 0.2) is 122 Å². The van der Waals surface area contributed by atoms with Crippen LogP contribution in [0.2, 0.25) is 0 Å². The first-order valence-electron chi connectivity index (χ1n) is 33.1. The van der Waals surface area contributed by atoms with Crippen LogP contribution >= 0.6 is 0 Å². The van der Waals surface area contributed by atoms with Gasteiger partial charge in [0.05, 0.1) is 6.61 Å². The zero-order chi connectivity index (χ0) is 56.2. The molecule has 0 bridgehead atoms. The van der Waals surface area contributed by atoms with Crippen molar-refractivity contribution < 1.29 is 24.2 Å². The van der Waals surface area contributed by atoms with Gasteiger partial charge in [-0.2, -0.15) is 0 Å². The van der Waals surface area contributed by atoms with E-state index in [0.29, 0.717) is 12.8 Å². The molecule has 0 saturated carbocycles. The molecule has 0 aliphatic rings. The lowest BCUT2D eigenvalue weighted by atomic mass is 10.0. The first kappa shape index (κ1) is 74.3. The molecule has 1 atom stereocenters. The number of hydrogen-bond donors (Lipinski definition) is 1. The highest BCUT2D eigenvalue weighted by molar-refractivity contribution is 5.70. The summed E-state index contributed by atoms with van der Waals surface area (Å²) in [5, 5.41) is 9.69. The van der Waals surface area contributed by atoms with Crippen molar-refractivity contribution in [1.82, 2.24) is 0 Å². The molecule has 78 heavy (non-hydrogen) atoms. The Bertz CT molecular complexity index is 1550. The number of unbranched alkanes of at least 4 members (excludes halogenated alkanes) is 32. The number of rotatable bonds is 60. The fourth-order valence-corrected chi connectivity index (χ4v) is 9.38. The predicted octanol–water partition coefficient (Wildman–Crippen LogP) is 23.0. The number of allylic oxidation sites excluding steroid dienone is 20. The third-order valence-corrected chi connectivity index (χ3v) is 14.3. The Hall–Kier alpha value is -3.70. The third-order valence-electron chi connectivity index (χ3n) is 14.3. The number of aliphatic hydroxyl groups excluding tert-OH is 1. The Kier molecular flexibility index (Phi) is 64.4. The Morgan fingerprint density at radius 1 is 0.295 bits per heavy atom. The van der Waals surface area contributed by atoms with Crippen molar-refractivity contribution in [3.8, 4) is 0 Å². The summed E-state index contributed by atoms with van der Waals surface area (Å²) < 4.78 is 10.7. The van der Waals surface area contributed by atoms with Crippen molar-refractivity contribution >= 4 is 11.9 Å². The van der Waals surface area contributed by atoms with Gasteiger partial charge in [-0.1, -0.05) is 315 Å². The molecule has 0 saturated heterocycles. The van der Waals surface area contributed by atoms with E-state index in [4.69, 9.17) is 9.47 Å². The number of carbonyl (C=O) groups excluding carboxylic acids is 2. The van der Waals surface area contributed by atoms with Crippen LogP contribution in [0.4, 0.5) is 0 Å². The van der Waals surface area contributed by atoms with Crippen LogP contribution in [0.5, 0.6) is 0 Å². The molecule has 0 radical (unpaired) electrons. The highest BCUT2D eigenvalue weighted by Gasteiger charge is 2.16. The lowest BCUT2D eigenvalue weighted by Crippen LogP contribution is -2.28. The zero-order valence-electron chi connectivity index (χ0n) is 51.1. The molecule has 0 aliphatic heterocycles. The van der Waals surface area contributed by atoms with Crippen molar-refractivity contribution in [3.63, 3.8) is 0 Å². The van der Waals surface area contributed by atoms with E-state index >= 15 is 0 Å². The standard InChI is InChI=1S/C73H124O5/c1-3-5-7-9-11-13-15-17-19-21-23-25-27-29-30-31-32-33-34-35-36-37-38-39-40-41-42-44-46-48-50-52-54-56-58-60-62-64-66-68-73(76)78-71(69-74)70-77-72(75)67-65-63-61-59-57-55-53-51-49-47-45-43-28-26-24-22-20-18-16-14-12-10-8-6-4-2/h5-8,11-14,17-20,23-26,29-30,43,45,71,74H,3-4,9-10,15-16,21-22,27-28,31-42,44,46-70H2,1-2H3/b7-5-,8-6-,13-11-,14-12-,19-17-,20-18-,25-23-,26-24-,30-29-,45-43-. The minimum absolute atomic E-state index is 0.0715. The van der Waals surface area contributed by atoms with E-state index in [2.05, 4.69) is 135 Å². The lowest BCUT2D eigenvalue weighted by molar-refractivity contribution is -0.161. The normalized spacial score (nSPS) is 13.0. The summed E-state index contributed by atoms with van der Waals surface area (Å²) in [5.41, 5.74) is 0. The topological polar surface area (TPSA) is 72.8 Å². The maximum absolute atomic E-state index is 12.4. The van der Waals surface area contributed by atoms with E-state index in [0.717, 1.165) is 103 Å². The van der Waals surface area contributed by atoms with Crippen LogP contribution in [-0.2, 0) is 19.1 Å². The summed E-state index contributed by atoms with van der Waals surface area (Å²) in [7, 11) is 0. The Morgan fingerprint density at radius 3 is 0.769 bits per heavy atom. The van der Waals surface area contributed by atoms with Gasteiger partial charge in [-0.3, -0.25) is 9.59 Å². The van der Waals surface area contributed by atoms with Gasteiger partial charge in [0.2, 0.25) is 0 Å². The molecule has 0 spiro atoms. The molecular weight excluding hydrogens is 957 g/mol. The van der Waals surface area contributed by atoms with Gasteiger partial charge in [0, 0.05) is 12.8 Å². The molecule has 0 fully saturated rings. The van der Waals surface area contributed by atoms with Crippen molar-refractivity contribution in [1.29, 1.82) is 0 Å². The number of ether oxygens (including phenoxy) is 2. The van der Waals surface area contributed by atoms with Crippen molar-refractivity contribution in [2.45, 2.75) is 315 Å². The SMILES string of the molecule is CC/C=C\C/C=C\C/C=C\C/C=C\C/C=C\CCCCCCCCCCCCCCCCCCCCCCCCCC(=O)OC(CO)COC(=O)CCCCCCCCCCC/C=C\C/C=C\C/C=C\C/C=C\C/C=C\CC. The molecule has 446 valence electrons. The summed E-state index contributed by atoms with van der Waals surface area (Å²) >= 11 is 0. The smallest absolute Gasteiger partial charge is 0.306 e. The molecule has 0 heterocycles. The fourth-order valence-electron chi connectivity index (χ4n) is 9.38.